The number of pyridine rings is 1. The van der Waals surface area contributed by atoms with Gasteiger partial charge in [0.25, 0.3) is 11.6 Å². The van der Waals surface area contributed by atoms with Gasteiger partial charge in [-0.15, -0.1) is 0 Å². The molecule has 7 heteroatoms. The van der Waals surface area contributed by atoms with Gasteiger partial charge in [-0.1, -0.05) is 31.1 Å². The van der Waals surface area contributed by atoms with Crippen molar-refractivity contribution < 1.29 is 9.32 Å². The lowest BCUT2D eigenvalue weighted by Crippen LogP contribution is -2.31. The van der Waals surface area contributed by atoms with Crippen LogP contribution >= 0.6 is 0 Å². The van der Waals surface area contributed by atoms with E-state index in [4.69, 9.17) is 9.51 Å². The Morgan fingerprint density at radius 3 is 3.00 bits per heavy atom. The molecule has 0 saturated carbocycles. The number of nitrogens with one attached hydrogen (secondary N) is 1. The summed E-state index contributed by atoms with van der Waals surface area (Å²) in [6.07, 6.45) is 3.42. The SMILES string of the molecule is CC(C)c1noc2ncc(C(=O)N3CCCC3c3nc4ccccc4[nH]3)cc12. The summed E-state index contributed by atoms with van der Waals surface area (Å²) in [4.78, 5) is 27.6. The van der Waals surface area contributed by atoms with Gasteiger partial charge in [0.1, 0.15) is 5.82 Å². The molecule has 1 aromatic carbocycles. The van der Waals surface area contributed by atoms with Crippen LogP contribution < -0.4 is 0 Å². The van der Waals surface area contributed by atoms with Crippen LogP contribution in [0.25, 0.3) is 22.1 Å². The van der Waals surface area contributed by atoms with E-state index in [9.17, 15) is 4.79 Å². The molecule has 7 nitrogen and oxygen atoms in total. The minimum absolute atomic E-state index is 0.0340. The van der Waals surface area contributed by atoms with Crippen LogP contribution in [0.5, 0.6) is 0 Å². The lowest BCUT2D eigenvalue weighted by molar-refractivity contribution is 0.0730. The fraction of sp³-hybridized carbons (Fsp3) is 0.333. The Kier molecular flexibility index (Phi) is 3.89. The maximum absolute atomic E-state index is 13.3. The first-order chi connectivity index (χ1) is 13.6. The number of hydrogen-bond donors (Lipinski definition) is 1. The Morgan fingerprint density at radius 1 is 1.32 bits per heavy atom. The Labute approximate surface area is 161 Å². The van der Waals surface area contributed by atoms with Gasteiger partial charge >= 0.3 is 0 Å². The van der Waals surface area contributed by atoms with E-state index in [-0.39, 0.29) is 17.9 Å². The van der Waals surface area contributed by atoms with E-state index in [1.54, 1.807) is 6.20 Å². The number of rotatable bonds is 3. The normalized spacial score (nSPS) is 17.2. The highest BCUT2D eigenvalue weighted by Gasteiger charge is 2.33. The van der Waals surface area contributed by atoms with E-state index in [2.05, 4.69) is 15.1 Å². The van der Waals surface area contributed by atoms with Crippen molar-refractivity contribution in [1.82, 2.24) is 25.0 Å². The van der Waals surface area contributed by atoms with Crippen LogP contribution in [0.15, 0.2) is 41.1 Å². The summed E-state index contributed by atoms with van der Waals surface area (Å²) in [6, 6.07) is 9.73. The number of aromatic amines is 1. The summed E-state index contributed by atoms with van der Waals surface area (Å²) < 4.78 is 5.29. The van der Waals surface area contributed by atoms with E-state index in [1.165, 1.54) is 0 Å². The Bertz CT molecular complexity index is 1140. The van der Waals surface area contributed by atoms with Gasteiger partial charge in [-0.2, -0.15) is 0 Å². The number of aromatic nitrogens is 4. The third kappa shape index (κ3) is 2.66. The molecule has 4 heterocycles. The van der Waals surface area contributed by atoms with Gasteiger partial charge in [-0.3, -0.25) is 4.79 Å². The Hall–Kier alpha value is -3.22. The van der Waals surface area contributed by atoms with Crippen molar-refractivity contribution in [3.63, 3.8) is 0 Å². The predicted molar refractivity (Wildman–Crippen MR) is 105 cm³/mol. The molecular formula is C21H21N5O2. The van der Waals surface area contributed by atoms with E-state index >= 15 is 0 Å². The average Bonchev–Trinajstić information content (AvgIpc) is 3.43. The Morgan fingerprint density at radius 2 is 2.18 bits per heavy atom. The second kappa shape index (κ2) is 6.44. The van der Waals surface area contributed by atoms with Gasteiger partial charge in [0.2, 0.25) is 0 Å². The molecule has 1 saturated heterocycles. The molecule has 1 fully saturated rings. The molecule has 1 unspecified atom stereocenters. The van der Waals surface area contributed by atoms with Gasteiger partial charge in [-0.25, -0.2) is 9.97 Å². The minimum atomic E-state index is -0.0531. The van der Waals surface area contributed by atoms with Gasteiger partial charge in [0.15, 0.2) is 0 Å². The predicted octanol–water partition coefficient (Wildman–Crippen LogP) is 4.20. The van der Waals surface area contributed by atoms with Gasteiger partial charge < -0.3 is 14.4 Å². The average molecular weight is 375 g/mol. The third-order valence-corrected chi connectivity index (χ3v) is 5.39. The molecule has 0 spiro atoms. The quantitative estimate of drug-likeness (QED) is 0.580. The van der Waals surface area contributed by atoms with Crippen molar-refractivity contribution in [2.45, 2.75) is 38.6 Å². The van der Waals surface area contributed by atoms with Crippen molar-refractivity contribution in [1.29, 1.82) is 0 Å². The van der Waals surface area contributed by atoms with Gasteiger partial charge in [0, 0.05) is 12.7 Å². The molecule has 1 amide bonds. The molecule has 1 aliphatic heterocycles. The van der Waals surface area contributed by atoms with Crippen molar-refractivity contribution in [3.8, 4) is 0 Å². The Balaban J connectivity index is 1.50. The van der Waals surface area contributed by atoms with Crippen molar-refractivity contribution >= 4 is 28.0 Å². The van der Waals surface area contributed by atoms with E-state index in [0.717, 1.165) is 40.8 Å². The fourth-order valence-electron chi connectivity index (χ4n) is 3.97. The highest BCUT2D eigenvalue weighted by atomic mass is 16.5. The summed E-state index contributed by atoms with van der Waals surface area (Å²) in [6.45, 7) is 4.80. The lowest BCUT2D eigenvalue weighted by atomic mass is 10.1. The zero-order valence-corrected chi connectivity index (χ0v) is 15.8. The second-order valence-electron chi connectivity index (χ2n) is 7.59. The molecule has 1 aliphatic rings. The molecule has 5 rings (SSSR count). The van der Waals surface area contributed by atoms with Crippen molar-refractivity contribution in [2.75, 3.05) is 6.54 Å². The van der Waals surface area contributed by atoms with Crippen LogP contribution in [0.2, 0.25) is 0 Å². The third-order valence-electron chi connectivity index (χ3n) is 5.39. The number of benzene rings is 1. The second-order valence-corrected chi connectivity index (χ2v) is 7.59. The van der Waals surface area contributed by atoms with Crippen LogP contribution in [0.4, 0.5) is 0 Å². The molecule has 4 aromatic rings. The molecule has 0 bridgehead atoms. The van der Waals surface area contributed by atoms with Crippen LogP contribution in [0.3, 0.4) is 0 Å². The van der Waals surface area contributed by atoms with Crippen LogP contribution in [-0.4, -0.2) is 37.5 Å². The number of amides is 1. The number of likely N-dealkylation sites (tertiary alicyclic amines) is 1. The number of imidazole rings is 1. The number of para-hydroxylation sites is 2. The first-order valence-corrected chi connectivity index (χ1v) is 9.63. The molecule has 28 heavy (non-hydrogen) atoms. The van der Waals surface area contributed by atoms with E-state index in [1.807, 2.05) is 49.1 Å². The van der Waals surface area contributed by atoms with Crippen LogP contribution in [0.1, 0.15) is 60.5 Å². The standard InChI is InChI=1S/C21H21N5O2/c1-12(2)18-14-10-13(11-22-20(14)28-25-18)21(27)26-9-5-8-17(26)19-23-15-6-3-4-7-16(15)24-19/h3-4,6-7,10-12,17H,5,8-9H2,1-2H3,(H,23,24). The van der Waals surface area contributed by atoms with Gasteiger partial charge in [0.05, 0.1) is 33.7 Å². The zero-order chi connectivity index (χ0) is 19.3. The summed E-state index contributed by atoms with van der Waals surface area (Å²) >= 11 is 0. The molecule has 142 valence electrons. The summed E-state index contributed by atoms with van der Waals surface area (Å²) in [5.74, 6) is 1.01. The maximum atomic E-state index is 13.3. The molecule has 0 aliphatic carbocycles. The molecule has 1 atom stereocenters. The number of carbonyl (C=O) groups is 1. The monoisotopic (exact) mass is 375 g/mol. The molecule has 0 radical (unpaired) electrons. The number of fused-ring (bicyclic) bond motifs is 2. The minimum Gasteiger partial charge on any atom is -0.340 e. The number of H-pyrrole nitrogens is 1. The number of nitrogens with zero attached hydrogens (tertiary/aromatic N) is 4. The summed E-state index contributed by atoms with van der Waals surface area (Å²) in [5, 5.41) is 4.91. The zero-order valence-electron chi connectivity index (χ0n) is 15.8. The highest BCUT2D eigenvalue weighted by Crippen LogP contribution is 2.33. The maximum Gasteiger partial charge on any atom is 0.257 e. The van der Waals surface area contributed by atoms with Crippen LogP contribution in [-0.2, 0) is 0 Å². The smallest absolute Gasteiger partial charge is 0.257 e. The summed E-state index contributed by atoms with van der Waals surface area (Å²) in [7, 11) is 0. The van der Waals surface area contributed by atoms with E-state index in [0.29, 0.717) is 17.8 Å². The van der Waals surface area contributed by atoms with Crippen molar-refractivity contribution in [2.24, 2.45) is 0 Å². The largest absolute Gasteiger partial charge is 0.340 e. The summed E-state index contributed by atoms with van der Waals surface area (Å²) in [5.41, 5.74) is 3.76. The van der Waals surface area contributed by atoms with Gasteiger partial charge in [-0.05, 0) is 37.0 Å². The fourth-order valence-corrected chi connectivity index (χ4v) is 3.97. The lowest BCUT2D eigenvalue weighted by Gasteiger charge is -2.23. The molecule has 3 aromatic heterocycles. The first kappa shape index (κ1) is 16.9. The number of carbonyl (C=O) groups excluding carboxylic acids is 1. The number of hydrogen-bond acceptors (Lipinski definition) is 5. The highest BCUT2D eigenvalue weighted by molar-refractivity contribution is 5.97. The topological polar surface area (TPSA) is 87.9 Å². The molecular weight excluding hydrogens is 354 g/mol. The van der Waals surface area contributed by atoms with Crippen molar-refractivity contribution in [3.05, 3.63) is 53.6 Å². The first-order valence-electron chi connectivity index (χ1n) is 9.63. The van der Waals surface area contributed by atoms with Crippen LogP contribution in [0, 0.1) is 0 Å². The molecule has 1 N–H and O–H groups in total. The van der Waals surface area contributed by atoms with E-state index < -0.39 is 0 Å².